The van der Waals surface area contributed by atoms with E-state index >= 15 is 0 Å². The number of guanidine groups is 1. The summed E-state index contributed by atoms with van der Waals surface area (Å²) in [5.41, 5.74) is 2.74. The molecule has 2 fully saturated rings. The van der Waals surface area contributed by atoms with Crippen LogP contribution < -0.4 is 11.3 Å². The first-order valence-corrected chi connectivity index (χ1v) is 7.21. The van der Waals surface area contributed by atoms with Gasteiger partial charge >= 0.3 is 0 Å². The highest BCUT2D eigenvalue weighted by molar-refractivity contribution is 5.79. The van der Waals surface area contributed by atoms with Gasteiger partial charge in [-0.05, 0) is 38.8 Å². The van der Waals surface area contributed by atoms with Crippen LogP contribution in [0, 0.1) is 5.92 Å². The molecule has 0 aromatic rings. The zero-order valence-corrected chi connectivity index (χ0v) is 12.1. The van der Waals surface area contributed by atoms with Gasteiger partial charge in [-0.3, -0.25) is 5.43 Å². The number of piperidine rings is 2. The minimum atomic E-state index is 0.633. The maximum absolute atomic E-state index is 5.61. The molecule has 2 saturated heterocycles. The minimum Gasteiger partial charge on any atom is -0.383 e. The zero-order chi connectivity index (χ0) is 13.7. The van der Waals surface area contributed by atoms with Crippen LogP contribution in [-0.4, -0.2) is 68.7 Å². The molecule has 3 N–H and O–H groups in total. The molecule has 19 heavy (non-hydrogen) atoms. The monoisotopic (exact) mass is 269 g/mol. The van der Waals surface area contributed by atoms with Gasteiger partial charge in [0.15, 0.2) is 0 Å². The number of fused-ring (bicyclic) bond motifs is 1. The van der Waals surface area contributed by atoms with Gasteiger partial charge in [0.05, 0.1) is 13.2 Å². The van der Waals surface area contributed by atoms with E-state index in [1.54, 1.807) is 7.11 Å². The van der Waals surface area contributed by atoms with Gasteiger partial charge in [0.2, 0.25) is 5.96 Å². The number of methoxy groups -OCH3 is 1. The van der Waals surface area contributed by atoms with Crippen molar-refractivity contribution >= 4 is 5.96 Å². The number of hydrogen-bond donors (Lipinski definition) is 2. The third-order valence-electron chi connectivity index (χ3n) is 4.33. The van der Waals surface area contributed by atoms with E-state index < -0.39 is 0 Å². The van der Waals surface area contributed by atoms with E-state index in [9.17, 15) is 0 Å². The average molecular weight is 269 g/mol. The first kappa shape index (κ1) is 14.6. The Hall–Kier alpha value is -0.850. The number of nitrogens with two attached hydrogens (primary N) is 1. The van der Waals surface area contributed by atoms with Crippen LogP contribution in [0.25, 0.3) is 0 Å². The summed E-state index contributed by atoms with van der Waals surface area (Å²) in [7, 11) is 3.94. The van der Waals surface area contributed by atoms with Gasteiger partial charge in [0.25, 0.3) is 0 Å². The zero-order valence-electron chi connectivity index (χ0n) is 12.1. The van der Waals surface area contributed by atoms with Crippen LogP contribution in [0.15, 0.2) is 4.99 Å². The minimum absolute atomic E-state index is 0.633. The van der Waals surface area contributed by atoms with Crippen LogP contribution in [0.5, 0.6) is 0 Å². The summed E-state index contributed by atoms with van der Waals surface area (Å²) in [6.45, 7) is 4.62. The molecule has 2 rings (SSSR count). The van der Waals surface area contributed by atoms with Crippen LogP contribution >= 0.6 is 0 Å². The van der Waals surface area contributed by atoms with Gasteiger partial charge < -0.3 is 14.5 Å². The van der Waals surface area contributed by atoms with Crippen LogP contribution in [0.1, 0.15) is 19.3 Å². The second-order valence-corrected chi connectivity index (χ2v) is 5.53. The van der Waals surface area contributed by atoms with E-state index in [1.165, 1.54) is 25.8 Å². The molecule has 2 heterocycles. The van der Waals surface area contributed by atoms with Crippen molar-refractivity contribution in [2.75, 3.05) is 46.9 Å². The van der Waals surface area contributed by atoms with Crippen LogP contribution in [0.4, 0.5) is 0 Å². The molecule has 0 aliphatic carbocycles. The Morgan fingerprint density at radius 3 is 3.00 bits per heavy atom. The molecule has 0 spiro atoms. The average Bonchev–Trinajstić information content (AvgIpc) is 2.44. The Labute approximate surface area is 115 Å². The topological polar surface area (TPSA) is 66.1 Å². The van der Waals surface area contributed by atoms with E-state index in [0.29, 0.717) is 13.2 Å². The fraction of sp³-hybridized carbons (Fsp3) is 0.923. The molecular formula is C13H27N5O. The highest BCUT2D eigenvalue weighted by Gasteiger charge is 2.34. The van der Waals surface area contributed by atoms with Gasteiger partial charge in [-0.1, -0.05) is 0 Å². The molecule has 0 aromatic carbocycles. The summed E-state index contributed by atoms with van der Waals surface area (Å²) in [4.78, 5) is 9.28. The van der Waals surface area contributed by atoms with Crippen LogP contribution in [-0.2, 0) is 4.74 Å². The lowest BCUT2D eigenvalue weighted by atomic mass is 9.84. The Balaban J connectivity index is 1.93. The molecule has 2 unspecified atom stereocenters. The molecular weight excluding hydrogens is 242 g/mol. The first-order chi connectivity index (χ1) is 9.26. The number of hydrazine groups is 1. The number of ether oxygens (including phenoxy) is 1. The van der Waals surface area contributed by atoms with Crippen molar-refractivity contribution in [1.29, 1.82) is 0 Å². The number of aliphatic imine (C=N–C) groups is 1. The van der Waals surface area contributed by atoms with Gasteiger partial charge in [0.1, 0.15) is 0 Å². The Morgan fingerprint density at radius 2 is 2.26 bits per heavy atom. The summed E-state index contributed by atoms with van der Waals surface area (Å²) in [5, 5.41) is 0. The van der Waals surface area contributed by atoms with Crippen molar-refractivity contribution < 1.29 is 4.74 Å². The van der Waals surface area contributed by atoms with Gasteiger partial charge in [0, 0.05) is 26.2 Å². The normalized spacial score (nSPS) is 29.2. The number of rotatable bonds is 3. The van der Waals surface area contributed by atoms with Gasteiger partial charge in [-0.2, -0.15) is 0 Å². The third kappa shape index (κ3) is 3.58. The molecule has 110 valence electrons. The molecule has 2 aliphatic heterocycles. The van der Waals surface area contributed by atoms with Crippen LogP contribution in [0.2, 0.25) is 0 Å². The molecule has 2 aliphatic rings. The van der Waals surface area contributed by atoms with Gasteiger partial charge in [-0.25, -0.2) is 10.8 Å². The highest BCUT2D eigenvalue weighted by Crippen LogP contribution is 2.29. The van der Waals surface area contributed by atoms with E-state index in [2.05, 4.69) is 27.3 Å². The molecule has 0 saturated carbocycles. The van der Waals surface area contributed by atoms with E-state index in [4.69, 9.17) is 10.6 Å². The molecule has 0 bridgehead atoms. The highest BCUT2D eigenvalue weighted by atomic mass is 16.5. The first-order valence-electron chi connectivity index (χ1n) is 7.21. The third-order valence-corrected chi connectivity index (χ3v) is 4.33. The smallest absolute Gasteiger partial charge is 0.208 e. The Morgan fingerprint density at radius 1 is 1.42 bits per heavy atom. The molecule has 2 atom stereocenters. The maximum atomic E-state index is 5.61. The summed E-state index contributed by atoms with van der Waals surface area (Å²) in [5.74, 6) is 7.16. The van der Waals surface area contributed by atoms with Crippen LogP contribution in [0.3, 0.4) is 0 Å². The van der Waals surface area contributed by atoms with Crippen molar-refractivity contribution in [3.63, 3.8) is 0 Å². The summed E-state index contributed by atoms with van der Waals surface area (Å²) < 4.78 is 5.02. The lowest BCUT2D eigenvalue weighted by Gasteiger charge is -2.46. The SMILES string of the molecule is COCCN=C(NN)N1CCC2C(CCCN2C)C1. The van der Waals surface area contributed by atoms with Crippen molar-refractivity contribution in [2.45, 2.75) is 25.3 Å². The second-order valence-electron chi connectivity index (χ2n) is 5.53. The van der Waals surface area contributed by atoms with Crippen molar-refractivity contribution in [1.82, 2.24) is 15.2 Å². The number of nitrogens with one attached hydrogen (secondary N) is 1. The standard InChI is InChI=1S/C13H27N5O/c1-17-7-3-4-11-10-18(8-5-12(11)17)13(16-14)15-6-9-19-2/h11-12H,3-10,14H2,1-2H3,(H,15,16). The molecule has 6 heteroatoms. The Bertz CT molecular complexity index is 309. The molecule has 6 nitrogen and oxygen atoms in total. The number of hydrogen-bond acceptors (Lipinski definition) is 4. The fourth-order valence-corrected chi connectivity index (χ4v) is 3.32. The summed E-state index contributed by atoms with van der Waals surface area (Å²) in [6, 6.07) is 0.739. The Kier molecular flexibility index (Phi) is 5.42. The predicted molar refractivity (Wildman–Crippen MR) is 76.8 cm³/mol. The lowest BCUT2D eigenvalue weighted by Crippen LogP contribution is -2.57. The molecule has 0 amide bonds. The van der Waals surface area contributed by atoms with Crippen molar-refractivity contribution in [3.8, 4) is 0 Å². The lowest BCUT2D eigenvalue weighted by molar-refractivity contribution is 0.0619. The van der Waals surface area contributed by atoms with Crippen molar-refractivity contribution in [2.24, 2.45) is 16.8 Å². The summed E-state index contributed by atoms with van der Waals surface area (Å²) in [6.07, 6.45) is 3.82. The quantitative estimate of drug-likeness (QED) is 0.246. The largest absolute Gasteiger partial charge is 0.383 e. The van der Waals surface area contributed by atoms with Gasteiger partial charge in [-0.15, -0.1) is 0 Å². The second kappa shape index (κ2) is 7.07. The number of likely N-dealkylation sites (tertiary alicyclic amines) is 2. The van der Waals surface area contributed by atoms with E-state index in [-0.39, 0.29) is 0 Å². The summed E-state index contributed by atoms with van der Waals surface area (Å²) >= 11 is 0. The van der Waals surface area contributed by atoms with E-state index in [0.717, 1.165) is 31.0 Å². The number of nitrogens with zero attached hydrogens (tertiary/aromatic N) is 3. The fourth-order valence-electron chi connectivity index (χ4n) is 3.32. The van der Waals surface area contributed by atoms with Crippen molar-refractivity contribution in [3.05, 3.63) is 0 Å². The molecule has 0 aromatic heterocycles. The molecule has 0 radical (unpaired) electrons. The van der Waals surface area contributed by atoms with E-state index in [1.807, 2.05) is 0 Å². The maximum Gasteiger partial charge on any atom is 0.208 e. The predicted octanol–water partition coefficient (Wildman–Crippen LogP) is -0.132.